The van der Waals surface area contributed by atoms with Crippen LogP contribution in [0.1, 0.15) is 335 Å². The van der Waals surface area contributed by atoms with E-state index in [2.05, 4.69) is 50.4 Å². The lowest BCUT2D eigenvalue weighted by Crippen LogP contribution is -2.47. The van der Waals surface area contributed by atoms with Crippen LogP contribution in [0.5, 0.6) is 0 Å². The van der Waals surface area contributed by atoms with Gasteiger partial charge in [-0.15, -0.1) is 0 Å². The molecule has 0 saturated heterocycles. The fourth-order valence-corrected chi connectivity index (χ4v) is 10.9. The molecule has 0 aliphatic rings. The summed E-state index contributed by atoms with van der Waals surface area (Å²) in [5.41, 5.74) is 0. The molecule has 0 spiro atoms. The van der Waals surface area contributed by atoms with E-state index in [-0.39, 0.29) is 31.5 Å². The molecule has 0 aromatic heterocycles. The Morgan fingerprint density at radius 2 is 0.821 bits per heavy atom. The third kappa shape index (κ3) is 58.9. The monoisotopic (exact) mass is 1120 g/mol. The Balaban J connectivity index is 4.93. The third-order valence-electron chi connectivity index (χ3n) is 15.3. The van der Waals surface area contributed by atoms with Crippen molar-refractivity contribution in [3.05, 3.63) is 36.5 Å². The number of ether oxygens (including phenoxy) is 1. The minimum Gasteiger partial charge on any atom is -0.456 e. The molecular formula is C68H132N2O7P+. The Kier molecular flexibility index (Phi) is 57.1. The Morgan fingerprint density at radius 3 is 1.22 bits per heavy atom. The molecule has 0 saturated carbocycles. The van der Waals surface area contributed by atoms with E-state index in [1.807, 2.05) is 33.3 Å². The van der Waals surface area contributed by atoms with E-state index in [0.717, 1.165) is 83.5 Å². The standard InChI is InChI=1S/C68H131N2O7P/c1-7-10-13-16-19-22-25-27-29-30-31-32-33-34-35-36-37-38-39-40-41-42-45-48-51-54-57-60-67(71)69-65(64-76-78(73,74)75-63-62-70(4,5)6)66(59-56-53-50-47-44-24-21-18-15-12-9-3)77-68(72)61-58-55-52-49-46-43-28-26-23-20-17-14-11-8-2/h11,14,20,23,56,59,65-66H,7-10,12-13,15-19,21-22,24-55,57-58,60-64H2,1-6H3,(H-,69,71,73,74)/p+1/b14-11+,23-20+,59-56-. The Hall–Kier alpha value is -1.77. The Bertz CT molecular complexity index is 1430. The Labute approximate surface area is 485 Å². The molecule has 0 aliphatic carbocycles. The molecule has 3 unspecified atom stereocenters. The molecule has 78 heavy (non-hydrogen) atoms. The minimum absolute atomic E-state index is 0.0412. The van der Waals surface area contributed by atoms with E-state index in [0.29, 0.717) is 17.4 Å². The van der Waals surface area contributed by atoms with Gasteiger partial charge in [-0.3, -0.25) is 18.6 Å². The fraction of sp³-hybridized carbons (Fsp3) is 0.882. The first kappa shape index (κ1) is 76.2. The maximum absolute atomic E-state index is 13.6. The van der Waals surface area contributed by atoms with Crippen molar-refractivity contribution < 1.29 is 37.3 Å². The highest BCUT2D eigenvalue weighted by Gasteiger charge is 2.30. The number of hydrogen-bond donors (Lipinski definition) is 2. The highest BCUT2D eigenvalue weighted by atomic mass is 31.2. The lowest BCUT2D eigenvalue weighted by atomic mass is 10.0. The number of hydrogen-bond acceptors (Lipinski definition) is 6. The van der Waals surface area contributed by atoms with Crippen LogP contribution in [0.3, 0.4) is 0 Å². The van der Waals surface area contributed by atoms with Crippen LogP contribution in [-0.2, 0) is 27.9 Å². The van der Waals surface area contributed by atoms with E-state index in [9.17, 15) is 19.0 Å². The topological polar surface area (TPSA) is 111 Å². The molecule has 9 nitrogen and oxygen atoms in total. The van der Waals surface area contributed by atoms with E-state index >= 15 is 0 Å². The van der Waals surface area contributed by atoms with Gasteiger partial charge in [-0.2, -0.15) is 0 Å². The van der Waals surface area contributed by atoms with Gasteiger partial charge in [0.05, 0.1) is 33.8 Å². The highest BCUT2D eigenvalue weighted by molar-refractivity contribution is 7.47. The predicted octanol–water partition coefficient (Wildman–Crippen LogP) is 21.1. The van der Waals surface area contributed by atoms with E-state index in [4.69, 9.17) is 13.8 Å². The van der Waals surface area contributed by atoms with Crippen molar-refractivity contribution in [1.29, 1.82) is 0 Å². The molecule has 0 aliphatic heterocycles. The average Bonchev–Trinajstić information content (AvgIpc) is 3.40. The molecular weight excluding hydrogens is 988 g/mol. The van der Waals surface area contributed by atoms with Crippen molar-refractivity contribution in [3.8, 4) is 0 Å². The minimum atomic E-state index is -4.45. The van der Waals surface area contributed by atoms with Gasteiger partial charge in [0.1, 0.15) is 19.3 Å². The number of amides is 1. The van der Waals surface area contributed by atoms with Gasteiger partial charge in [0.2, 0.25) is 5.91 Å². The van der Waals surface area contributed by atoms with Crippen LogP contribution in [-0.4, -0.2) is 74.3 Å². The van der Waals surface area contributed by atoms with Crippen molar-refractivity contribution in [2.45, 2.75) is 348 Å². The zero-order valence-electron chi connectivity index (χ0n) is 52.7. The molecule has 0 rings (SSSR count). The number of nitrogens with one attached hydrogen (secondary N) is 1. The number of carbonyl (C=O) groups excluding carboxylic acids is 2. The number of phosphoric ester groups is 1. The smallest absolute Gasteiger partial charge is 0.456 e. The van der Waals surface area contributed by atoms with E-state index in [1.165, 1.54) is 218 Å². The summed E-state index contributed by atoms with van der Waals surface area (Å²) >= 11 is 0. The predicted molar refractivity (Wildman–Crippen MR) is 337 cm³/mol. The van der Waals surface area contributed by atoms with Gasteiger partial charge < -0.3 is 19.4 Å². The largest absolute Gasteiger partial charge is 0.472 e. The van der Waals surface area contributed by atoms with Gasteiger partial charge in [-0.05, 0) is 57.4 Å². The van der Waals surface area contributed by atoms with Crippen molar-refractivity contribution in [1.82, 2.24) is 5.32 Å². The van der Waals surface area contributed by atoms with Gasteiger partial charge >= 0.3 is 13.8 Å². The number of likely N-dealkylation sites (N-methyl/N-ethyl adjacent to an activating group) is 1. The van der Waals surface area contributed by atoms with Crippen LogP contribution in [0.2, 0.25) is 0 Å². The van der Waals surface area contributed by atoms with Crippen LogP contribution >= 0.6 is 7.82 Å². The second-order valence-electron chi connectivity index (χ2n) is 24.3. The molecule has 0 bridgehead atoms. The summed E-state index contributed by atoms with van der Waals surface area (Å²) in [6.07, 6.45) is 71.7. The fourth-order valence-electron chi connectivity index (χ4n) is 10.2. The maximum Gasteiger partial charge on any atom is 0.472 e. The third-order valence-corrected chi connectivity index (χ3v) is 16.3. The summed E-state index contributed by atoms with van der Waals surface area (Å²) in [6.45, 7) is 6.94. The molecule has 10 heteroatoms. The number of nitrogens with zero attached hydrogens (tertiary/aromatic N) is 1. The van der Waals surface area contributed by atoms with Crippen molar-refractivity contribution >= 4 is 19.7 Å². The summed E-state index contributed by atoms with van der Waals surface area (Å²) in [5.74, 6) is -0.500. The maximum atomic E-state index is 13.6. The summed E-state index contributed by atoms with van der Waals surface area (Å²) in [6, 6.07) is -0.847. The molecule has 1 amide bonds. The van der Waals surface area contributed by atoms with Crippen molar-refractivity contribution in [2.24, 2.45) is 0 Å². The number of esters is 1. The number of allylic oxidation sites excluding steroid dienone is 5. The Morgan fingerprint density at radius 1 is 0.462 bits per heavy atom. The molecule has 0 fully saturated rings. The number of quaternary nitrogens is 1. The van der Waals surface area contributed by atoms with Gasteiger partial charge in [0.15, 0.2) is 0 Å². The molecule has 0 heterocycles. The summed E-state index contributed by atoms with van der Waals surface area (Å²) in [5, 5.41) is 3.06. The number of rotatable bonds is 62. The zero-order chi connectivity index (χ0) is 57.2. The van der Waals surface area contributed by atoms with Crippen LogP contribution < -0.4 is 5.32 Å². The van der Waals surface area contributed by atoms with E-state index in [1.54, 1.807) is 0 Å². The lowest BCUT2D eigenvalue weighted by Gasteiger charge is -2.27. The first-order valence-corrected chi connectivity index (χ1v) is 35.3. The number of unbranched alkanes of at least 4 members (excludes halogenated alkanes) is 42. The molecule has 460 valence electrons. The zero-order valence-corrected chi connectivity index (χ0v) is 53.6. The summed E-state index contributed by atoms with van der Waals surface area (Å²) < 4.78 is 30.7. The van der Waals surface area contributed by atoms with Gasteiger partial charge in [0.25, 0.3) is 0 Å². The average molecular weight is 1120 g/mol. The summed E-state index contributed by atoms with van der Waals surface area (Å²) in [7, 11) is 1.50. The summed E-state index contributed by atoms with van der Waals surface area (Å²) in [4.78, 5) is 37.7. The SMILES string of the molecule is CC/C=C/C/C=C/CCCCCCCCCC(=O)OC(/C=C\CCCCCCCCCCC)C(COP(=O)(O)OCC[N+](C)(C)C)NC(=O)CCCCCCCCCCCCCCCCCCCCCCCCCCCCC. The lowest BCUT2D eigenvalue weighted by molar-refractivity contribution is -0.870. The van der Waals surface area contributed by atoms with Gasteiger partial charge in [-0.25, -0.2) is 4.57 Å². The molecule has 2 N–H and O–H groups in total. The van der Waals surface area contributed by atoms with Crippen LogP contribution in [0, 0.1) is 0 Å². The van der Waals surface area contributed by atoms with Crippen molar-refractivity contribution in [3.63, 3.8) is 0 Å². The highest BCUT2D eigenvalue weighted by Crippen LogP contribution is 2.43. The number of phosphoric acid groups is 1. The van der Waals surface area contributed by atoms with Crippen molar-refractivity contribution in [2.75, 3.05) is 40.9 Å². The van der Waals surface area contributed by atoms with E-state index < -0.39 is 20.0 Å². The molecule has 3 atom stereocenters. The second kappa shape index (κ2) is 58.4. The quantitative estimate of drug-likeness (QED) is 0.0205. The first-order valence-electron chi connectivity index (χ1n) is 33.8. The number of carbonyl (C=O) groups is 2. The van der Waals surface area contributed by atoms with Crippen LogP contribution in [0.15, 0.2) is 36.5 Å². The van der Waals surface area contributed by atoms with Gasteiger partial charge in [0, 0.05) is 12.8 Å². The van der Waals surface area contributed by atoms with Crippen LogP contribution in [0.25, 0.3) is 0 Å². The molecule has 0 radical (unpaired) electrons. The normalized spacial score (nSPS) is 13.8. The molecule has 0 aromatic rings. The first-order chi connectivity index (χ1) is 37.9. The second-order valence-corrected chi connectivity index (χ2v) is 25.8. The van der Waals surface area contributed by atoms with Crippen LogP contribution in [0.4, 0.5) is 0 Å². The van der Waals surface area contributed by atoms with Gasteiger partial charge in [-0.1, -0.05) is 302 Å². The molecule has 0 aromatic carbocycles.